The van der Waals surface area contributed by atoms with Crippen LogP contribution in [-0.2, 0) is 10.0 Å². The van der Waals surface area contributed by atoms with E-state index < -0.39 is 10.0 Å². The number of carbonyl (C=O) groups excluding carboxylic acids is 1. The van der Waals surface area contributed by atoms with E-state index in [-0.39, 0.29) is 16.8 Å². The summed E-state index contributed by atoms with van der Waals surface area (Å²) in [5, 5.41) is 3.10. The summed E-state index contributed by atoms with van der Waals surface area (Å²) in [6.07, 6.45) is 4.52. The van der Waals surface area contributed by atoms with Crippen LogP contribution in [0, 0.1) is 0 Å². The molecular weight excluding hydrogens is 418 g/mol. The van der Waals surface area contributed by atoms with E-state index in [0.717, 1.165) is 43.5 Å². The van der Waals surface area contributed by atoms with Gasteiger partial charge in [-0.25, -0.2) is 0 Å². The number of nitrogens with one attached hydrogen (secondary N) is 1. The van der Waals surface area contributed by atoms with Gasteiger partial charge in [-0.05, 0) is 49.1 Å². The van der Waals surface area contributed by atoms with E-state index >= 15 is 0 Å². The number of fused-ring (bicyclic) bond motifs is 4. The van der Waals surface area contributed by atoms with Crippen molar-refractivity contribution in [2.75, 3.05) is 17.2 Å². The first-order valence-electron chi connectivity index (χ1n) is 10.3. The van der Waals surface area contributed by atoms with Crippen molar-refractivity contribution in [2.24, 2.45) is 4.40 Å². The van der Waals surface area contributed by atoms with Crippen molar-refractivity contribution in [3.05, 3.63) is 53.6 Å². The molecule has 1 saturated heterocycles. The molecule has 3 aliphatic rings. The predicted octanol–water partition coefficient (Wildman–Crippen LogP) is 4.13. The summed E-state index contributed by atoms with van der Waals surface area (Å²) in [5.41, 5.74) is 2.10. The van der Waals surface area contributed by atoms with Crippen LogP contribution < -0.4 is 10.2 Å². The SMILES string of the molecule is O=C(NC1CCSc2ccccc21)c1ccc2c(c1)S(=O)(=O)N=C1CCCCCN12. The first-order chi connectivity index (χ1) is 14.5. The number of nitrogens with zero attached hydrogens (tertiary/aromatic N) is 2. The van der Waals surface area contributed by atoms with Crippen LogP contribution in [0.5, 0.6) is 0 Å². The normalized spacial score (nSPS) is 22.1. The zero-order chi connectivity index (χ0) is 20.7. The van der Waals surface area contributed by atoms with E-state index in [1.807, 2.05) is 23.1 Å². The minimum Gasteiger partial charge on any atom is -0.345 e. The molecule has 0 spiro atoms. The Morgan fingerprint density at radius 3 is 2.90 bits per heavy atom. The lowest BCUT2D eigenvalue weighted by atomic mass is 10.0. The van der Waals surface area contributed by atoms with Gasteiger partial charge in [-0.1, -0.05) is 24.6 Å². The summed E-state index contributed by atoms with van der Waals surface area (Å²) in [4.78, 5) is 16.3. The molecule has 6 nitrogen and oxygen atoms in total. The van der Waals surface area contributed by atoms with Crippen molar-refractivity contribution in [1.82, 2.24) is 5.32 Å². The number of amidine groups is 1. The Morgan fingerprint density at radius 1 is 1.13 bits per heavy atom. The van der Waals surface area contributed by atoms with E-state index in [1.165, 1.54) is 11.0 Å². The third kappa shape index (κ3) is 3.52. The van der Waals surface area contributed by atoms with Crippen LogP contribution in [0.15, 0.2) is 56.7 Å². The number of hydrogen-bond donors (Lipinski definition) is 1. The second kappa shape index (κ2) is 7.74. The minimum atomic E-state index is -3.80. The molecule has 0 radical (unpaired) electrons. The van der Waals surface area contributed by atoms with E-state index in [1.54, 1.807) is 23.9 Å². The molecular formula is C22H23N3O3S2. The van der Waals surface area contributed by atoms with Gasteiger partial charge in [0.2, 0.25) is 0 Å². The first kappa shape index (κ1) is 19.6. The van der Waals surface area contributed by atoms with Gasteiger partial charge in [-0.15, -0.1) is 16.2 Å². The molecule has 0 bridgehead atoms. The number of carbonyl (C=O) groups is 1. The summed E-state index contributed by atoms with van der Waals surface area (Å²) < 4.78 is 29.7. The van der Waals surface area contributed by atoms with Crippen LogP contribution in [0.25, 0.3) is 0 Å². The Labute approximate surface area is 180 Å². The highest BCUT2D eigenvalue weighted by molar-refractivity contribution is 7.99. The van der Waals surface area contributed by atoms with Crippen LogP contribution in [0.4, 0.5) is 5.69 Å². The summed E-state index contributed by atoms with van der Waals surface area (Å²) in [6.45, 7) is 0.753. The number of thioether (sulfide) groups is 1. The van der Waals surface area contributed by atoms with Gasteiger partial charge in [0.15, 0.2) is 0 Å². The Bertz CT molecular complexity index is 1140. The molecule has 1 amide bonds. The fraction of sp³-hybridized carbons (Fsp3) is 0.364. The summed E-state index contributed by atoms with van der Waals surface area (Å²) >= 11 is 1.80. The Hall–Kier alpha value is -2.32. The fourth-order valence-corrected chi connectivity index (χ4v) is 6.76. The lowest BCUT2D eigenvalue weighted by Crippen LogP contribution is -2.36. The van der Waals surface area contributed by atoms with Gasteiger partial charge in [-0.2, -0.15) is 8.42 Å². The van der Waals surface area contributed by atoms with Crippen molar-refractivity contribution in [1.29, 1.82) is 0 Å². The van der Waals surface area contributed by atoms with Crippen molar-refractivity contribution in [3.8, 4) is 0 Å². The van der Waals surface area contributed by atoms with E-state index in [2.05, 4.69) is 15.8 Å². The van der Waals surface area contributed by atoms with Crippen molar-refractivity contribution < 1.29 is 13.2 Å². The number of anilines is 1. The molecule has 5 rings (SSSR count). The Morgan fingerprint density at radius 2 is 2.00 bits per heavy atom. The maximum absolute atomic E-state index is 13.0. The number of hydrogen-bond acceptors (Lipinski definition) is 5. The van der Waals surface area contributed by atoms with Crippen LogP contribution >= 0.6 is 11.8 Å². The Balaban J connectivity index is 1.45. The van der Waals surface area contributed by atoms with Gasteiger partial charge in [0.05, 0.1) is 11.7 Å². The van der Waals surface area contributed by atoms with Crippen LogP contribution in [-0.4, -0.2) is 32.5 Å². The second-order valence-corrected chi connectivity index (χ2v) is 10.5. The summed E-state index contributed by atoms with van der Waals surface area (Å²) in [5.74, 6) is 1.30. The quantitative estimate of drug-likeness (QED) is 0.758. The maximum atomic E-state index is 13.0. The zero-order valence-corrected chi connectivity index (χ0v) is 18.1. The highest BCUT2D eigenvalue weighted by Crippen LogP contribution is 2.37. The third-order valence-electron chi connectivity index (χ3n) is 5.87. The first-order valence-corrected chi connectivity index (χ1v) is 12.7. The van der Waals surface area contributed by atoms with E-state index in [4.69, 9.17) is 0 Å². The lowest BCUT2D eigenvalue weighted by Gasteiger charge is -2.30. The van der Waals surface area contributed by atoms with Gasteiger partial charge < -0.3 is 10.2 Å². The lowest BCUT2D eigenvalue weighted by molar-refractivity contribution is 0.0935. The molecule has 1 fully saturated rings. The van der Waals surface area contributed by atoms with Gasteiger partial charge in [-0.3, -0.25) is 4.79 Å². The van der Waals surface area contributed by atoms with Crippen molar-refractivity contribution in [2.45, 2.75) is 47.9 Å². The fourth-order valence-electron chi connectivity index (χ4n) is 4.35. The topological polar surface area (TPSA) is 78.8 Å². The highest BCUT2D eigenvalue weighted by Gasteiger charge is 2.32. The molecule has 0 aromatic heterocycles. The average molecular weight is 442 g/mol. The van der Waals surface area contributed by atoms with Gasteiger partial charge in [0.25, 0.3) is 15.9 Å². The molecule has 1 atom stereocenters. The summed E-state index contributed by atoms with van der Waals surface area (Å²) in [7, 11) is -3.80. The van der Waals surface area contributed by atoms with Crippen molar-refractivity contribution in [3.63, 3.8) is 0 Å². The molecule has 0 saturated carbocycles. The maximum Gasteiger partial charge on any atom is 0.286 e. The van der Waals surface area contributed by atoms with Gasteiger partial charge in [0.1, 0.15) is 10.7 Å². The largest absolute Gasteiger partial charge is 0.345 e. The van der Waals surface area contributed by atoms with Crippen molar-refractivity contribution >= 4 is 39.2 Å². The van der Waals surface area contributed by atoms with Crippen LogP contribution in [0.3, 0.4) is 0 Å². The van der Waals surface area contributed by atoms with E-state index in [0.29, 0.717) is 23.5 Å². The number of rotatable bonds is 2. The van der Waals surface area contributed by atoms with Gasteiger partial charge >= 0.3 is 0 Å². The number of amides is 1. The monoisotopic (exact) mass is 441 g/mol. The zero-order valence-electron chi connectivity index (χ0n) is 16.5. The predicted molar refractivity (Wildman–Crippen MR) is 119 cm³/mol. The smallest absolute Gasteiger partial charge is 0.286 e. The molecule has 3 aliphatic heterocycles. The van der Waals surface area contributed by atoms with E-state index in [9.17, 15) is 13.2 Å². The molecule has 8 heteroatoms. The molecule has 2 aromatic carbocycles. The molecule has 1 unspecified atom stereocenters. The van der Waals surface area contributed by atoms with Gasteiger partial charge in [0, 0.05) is 29.2 Å². The van der Waals surface area contributed by atoms with Crippen LogP contribution in [0.1, 0.15) is 54.1 Å². The molecule has 2 aromatic rings. The Kier molecular flexibility index (Phi) is 5.06. The highest BCUT2D eigenvalue weighted by atomic mass is 32.2. The molecule has 3 heterocycles. The second-order valence-electron chi connectivity index (χ2n) is 7.83. The molecule has 156 valence electrons. The average Bonchev–Trinajstić information content (AvgIpc) is 2.98. The van der Waals surface area contributed by atoms with Crippen LogP contribution in [0.2, 0.25) is 0 Å². The third-order valence-corrected chi connectivity index (χ3v) is 8.33. The summed E-state index contributed by atoms with van der Waals surface area (Å²) in [6, 6.07) is 13.0. The number of benzene rings is 2. The minimum absolute atomic E-state index is 0.0715. The standard InChI is InChI=1S/C22H23N3O3S2/c26-22(23-17-11-13-29-19-7-4-3-6-16(17)19)15-9-10-18-20(14-15)30(27,28)24-21-8-2-1-5-12-25(18)21/h3-4,6-7,9-10,14,17H,1-2,5,8,11-13H2,(H,23,26). The molecule has 30 heavy (non-hydrogen) atoms. The number of sulfonamides is 1. The molecule has 0 aliphatic carbocycles. The molecule has 1 N–H and O–H groups in total.